The van der Waals surface area contributed by atoms with E-state index in [9.17, 15) is 9.90 Å². The molecule has 130 valence electrons. The zero-order chi connectivity index (χ0) is 17.1. The Kier molecular flexibility index (Phi) is 5.21. The summed E-state index contributed by atoms with van der Waals surface area (Å²) in [6, 6.07) is 5.86. The van der Waals surface area contributed by atoms with Crippen molar-refractivity contribution in [3.05, 3.63) is 35.0 Å². The Balaban J connectivity index is 1.60. The van der Waals surface area contributed by atoms with E-state index in [2.05, 4.69) is 22.1 Å². The molecule has 1 aliphatic heterocycles. The molecule has 0 radical (unpaired) electrons. The van der Waals surface area contributed by atoms with Crippen LogP contribution in [0.3, 0.4) is 0 Å². The highest BCUT2D eigenvalue weighted by molar-refractivity contribution is 6.06. The summed E-state index contributed by atoms with van der Waals surface area (Å²) in [5.74, 6) is 0.352. The Morgan fingerprint density at radius 1 is 1.42 bits per heavy atom. The minimum Gasteiger partial charge on any atom is -0.396 e. The van der Waals surface area contributed by atoms with Gasteiger partial charge in [0.05, 0.1) is 11.1 Å². The number of carbonyl (C=O) groups is 1. The van der Waals surface area contributed by atoms with Crippen molar-refractivity contribution in [3.63, 3.8) is 0 Å². The quantitative estimate of drug-likeness (QED) is 0.788. The molecule has 0 aliphatic carbocycles. The molecule has 1 atom stereocenters. The number of fused-ring (bicyclic) bond motifs is 1. The topological polar surface area (TPSA) is 68.4 Å². The molecule has 1 aliphatic rings. The van der Waals surface area contributed by atoms with Crippen molar-refractivity contribution >= 4 is 16.8 Å². The predicted molar refractivity (Wildman–Crippen MR) is 96.4 cm³/mol. The summed E-state index contributed by atoms with van der Waals surface area (Å²) < 4.78 is 0. The van der Waals surface area contributed by atoms with Crippen LogP contribution in [-0.4, -0.2) is 53.7 Å². The number of nitrogens with one attached hydrogen (secondary N) is 2. The lowest BCUT2D eigenvalue weighted by molar-refractivity contribution is 0.0932. The van der Waals surface area contributed by atoms with E-state index < -0.39 is 0 Å². The number of hydrogen-bond donors (Lipinski definition) is 3. The average Bonchev–Trinajstić information content (AvgIpc) is 2.89. The molecule has 1 aromatic carbocycles. The van der Waals surface area contributed by atoms with Crippen LogP contribution in [0, 0.1) is 19.8 Å². The van der Waals surface area contributed by atoms with Crippen molar-refractivity contribution in [2.75, 3.05) is 32.8 Å². The van der Waals surface area contributed by atoms with Gasteiger partial charge in [-0.3, -0.25) is 4.79 Å². The lowest BCUT2D eigenvalue weighted by atomic mass is 9.99. The summed E-state index contributed by atoms with van der Waals surface area (Å²) in [5, 5.41) is 13.4. The standard InChI is InChI=1S/C19H27N3O2/c1-13-14(2)21-18-16(13)6-3-7-17(18)19(24)20-8-10-22-9-4-5-15(11-22)12-23/h3,6-7,15,21,23H,4-5,8-12H2,1-2H3,(H,20,24). The molecule has 1 fully saturated rings. The van der Waals surface area contributed by atoms with Crippen LogP contribution in [-0.2, 0) is 0 Å². The van der Waals surface area contributed by atoms with Crippen LogP contribution in [0.5, 0.6) is 0 Å². The first kappa shape index (κ1) is 17.0. The first-order valence-corrected chi connectivity index (χ1v) is 8.79. The molecule has 1 unspecified atom stereocenters. The van der Waals surface area contributed by atoms with Gasteiger partial charge in [0.15, 0.2) is 0 Å². The summed E-state index contributed by atoms with van der Waals surface area (Å²) in [6.07, 6.45) is 2.23. The Morgan fingerprint density at radius 2 is 2.25 bits per heavy atom. The highest BCUT2D eigenvalue weighted by Crippen LogP contribution is 2.24. The smallest absolute Gasteiger partial charge is 0.253 e. The molecule has 3 rings (SSSR count). The zero-order valence-corrected chi connectivity index (χ0v) is 14.6. The van der Waals surface area contributed by atoms with Crippen LogP contribution in [0.15, 0.2) is 18.2 Å². The second kappa shape index (κ2) is 7.36. The number of benzene rings is 1. The first-order chi connectivity index (χ1) is 11.6. The van der Waals surface area contributed by atoms with E-state index in [-0.39, 0.29) is 12.5 Å². The third-order valence-electron chi connectivity index (χ3n) is 5.16. The number of aromatic nitrogens is 1. The largest absolute Gasteiger partial charge is 0.396 e. The van der Waals surface area contributed by atoms with E-state index in [1.54, 1.807) is 0 Å². The van der Waals surface area contributed by atoms with Gasteiger partial charge in [0.1, 0.15) is 0 Å². The van der Waals surface area contributed by atoms with Gasteiger partial charge >= 0.3 is 0 Å². The van der Waals surface area contributed by atoms with Gasteiger partial charge in [-0.05, 0) is 50.8 Å². The monoisotopic (exact) mass is 329 g/mol. The molecular formula is C19H27N3O2. The molecule has 0 saturated carbocycles. The summed E-state index contributed by atoms with van der Waals surface area (Å²) in [5.41, 5.74) is 3.93. The highest BCUT2D eigenvalue weighted by atomic mass is 16.3. The molecule has 0 spiro atoms. The molecule has 1 amide bonds. The van der Waals surface area contributed by atoms with Crippen molar-refractivity contribution in [2.45, 2.75) is 26.7 Å². The first-order valence-electron chi connectivity index (χ1n) is 8.79. The Labute approximate surface area is 143 Å². The summed E-state index contributed by atoms with van der Waals surface area (Å²) >= 11 is 0. The number of piperidine rings is 1. The van der Waals surface area contributed by atoms with Gasteiger partial charge in [0, 0.05) is 37.3 Å². The summed E-state index contributed by atoms with van der Waals surface area (Å²) in [6.45, 7) is 7.81. The lowest BCUT2D eigenvalue weighted by Crippen LogP contribution is -2.41. The number of aryl methyl sites for hydroxylation is 2. The second-order valence-electron chi connectivity index (χ2n) is 6.85. The van der Waals surface area contributed by atoms with Crippen LogP contribution in [0.1, 0.15) is 34.5 Å². The maximum absolute atomic E-state index is 12.6. The number of likely N-dealkylation sites (tertiary alicyclic amines) is 1. The fourth-order valence-electron chi connectivity index (χ4n) is 3.60. The lowest BCUT2D eigenvalue weighted by Gasteiger charge is -2.31. The Hall–Kier alpha value is -1.85. The van der Waals surface area contributed by atoms with E-state index in [0.29, 0.717) is 18.0 Å². The average molecular weight is 329 g/mol. The van der Waals surface area contributed by atoms with Gasteiger partial charge in [-0.1, -0.05) is 12.1 Å². The van der Waals surface area contributed by atoms with Gasteiger partial charge < -0.3 is 20.3 Å². The van der Waals surface area contributed by atoms with Gasteiger partial charge in [-0.2, -0.15) is 0 Å². The number of aromatic amines is 1. The van der Waals surface area contributed by atoms with Crippen molar-refractivity contribution in [2.24, 2.45) is 5.92 Å². The van der Waals surface area contributed by atoms with E-state index in [1.807, 2.05) is 25.1 Å². The fraction of sp³-hybridized carbons (Fsp3) is 0.526. The molecule has 1 saturated heterocycles. The minimum absolute atomic E-state index is 0.0300. The van der Waals surface area contributed by atoms with E-state index >= 15 is 0 Å². The van der Waals surface area contributed by atoms with Crippen LogP contribution in [0.2, 0.25) is 0 Å². The van der Waals surface area contributed by atoms with Crippen LogP contribution in [0.25, 0.3) is 10.9 Å². The molecule has 3 N–H and O–H groups in total. The van der Waals surface area contributed by atoms with Gasteiger partial charge in [0.2, 0.25) is 0 Å². The van der Waals surface area contributed by atoms with Crippen LogP contribution < -0.4 is 5.32 Å². The number of hydrogen-bond acceptors (Lipinski definition) is 3. The molecule has 5 heteroatoms. The van der Waals surface area contributed by atoms with Crippen molar-refractivity contribution in [1.82, 2.24) is 15.2 Å². The molecule has 5 nitrogen and oxygen atoms in total. The SMILES string of the molecule is Cc1[nH]c2c(C(=O)NCCN3CCCC(CO)C3)cccc2c1C. The number of para-hydroxylation sites is 1. The number of nitrogens with zero attached hydrogens (tertiary/aromatic N) is 1. The number of rotatable bonds is 5. The highest BCUT2D eigenvalue weighted by Gasteiger charge is 2.19. The van der Waals surface area contributed by atoms with E-state index in [0.717, 1.165) is 49.1 Å². The number of amides is 1. The zero-order valence-electron chi connectivity index (χ0n) is 14.6. The molecule has 0 bridgehead atoms. The number of aliphatic hydroxyl groups excluding tert-OH is 1. The van der Waals surface area contributed by atoms with E-state index in [1.165, 1.54) is 5.56 Å². The van der Waals surface area contributed by atoms with Crippen molar-refractivity contribution < 1.29 is 9.90 Å². The van der Waals surface area contributed by atoms with E-state index in [4.69, 9.17) is 0 Å². The molecule has 24 heavy (non-hydrogen) atoms. The Bertz CT molecular complexity index is 723. The van der Waals surface area contributed by atoms with Crippen LogP contribution >= 0.6 is 0 Å². The van der Waals surface area contributed by atoms with Gasteiger partial charge in [-0.15, -0.1) is 0 Å². The van der Waals surface area contributed by atoms with Crippen molar-refractivity contribution in [1.29, 1.82) is 0 Å². The van der Waals surface area contributed by atoms with Crippen LogP contribution in [0.4, 0.5) is 0 Å². The maximum atomic E-state index is 12.6. The fourth-order valence-corrected chi connectivity index (χ4v) is 3.60. The Morgan fingerprint density at radius 3 is 3.04 bits per heavy atom. The van der Waals surface area contributed by atoms with Gasteiger partial charge in [-0.25, -0.2) is 0 Å². The minimum atomic E-state index is -0.0300. The number of H-pyrrole nitrogens is 1. The third kappa shape index (κ3) is 3.47. The number of carbonyl (C=O) groups excluding carboxylic acids is 1. The van der Waals surface area contributed by atoms with Gasteiger partial charge in [0.25, 0.3) is 5.91 Å². The molecular weight excluding hydrogens is 302 g/mol. The summed E-state index contributed by atoms with van der Waals surface area (Å²) in [7, 11) is 0. The summed E-state index contributed by atoms with van der Waals surface area (Å²) in [4.78, 5) is 18.2. The van der Waals surface area contributed by atoms with Crippen molar-refractivity contribution in [3.8, 4) is 0 Å². The normalized spacial score (nSPS) is 18.9. The molecule has 2 heterocycles. The second-order valence-corrected chi connectivity index (χ2v) is 6.85. The molecule has 2 aromatic rings. The third-order valence-corrected chi connectivity index (χ3v) is 5.16. The predicted octanol–water partition coefficient (Wildman–Crippen LogP) is 2.22. The maximum Gasteiger partial charge on any atom is 0.253 e. The number of aliphatic hydroxyl groups is 1. The molecule has 1 aromatic heterocycles.